The van der Waals surface area contributed by atoms with Gasteiger partial charge in [-0.2, -0.15) is 4.98 Å². The molecule has 210 valence electrons. The van der Waals surface area contributed by atoms with E-state index in [1.54, 1.807) is 4.57 Å². The second kappa shape index (κ2) is 10.0. The number of hydrogen-bond donors (Lipinski definition) is 4. The summed E-state index contributed by atoms with van der Waals surface area (Å²) in [6.07, 6.45) is -0.0780. The maximum atomic E-state index is 12.9. The Morgan fingerprint density at radius 2 is 1.85 bits per heavy atom. The zero-order valence-electron chi connectivity index (χ0n) is 20.4. The molecule has 7 unspecified atom stereocenters. The molecular formula is C20H23N10O8P2+. The van der Waals surface area contributed by atoms with E-state index in [1.807, 2.05) is 0 Å². The summed E-state index contributed by atoms with van der Waals surface area (Å²) in [5.74, 6) is -0.322. The van der Waals surface area contributed by atoms with Crippen LogP contribution in [-0.2, 0) is 27.6 Å². The highest BCUT2D eigenvalue weighted by Crippen LogP contribution is 2.45. The molecule has 18 nitrogen and oxygen atoms in total. The second-order valence-electron chi connectivity index (χ2n) is 9.40. The first-order chi connectivity index (χ1) is 19.4. The molecular weight excluding hydrogens is 570 g/mol. The van der Waals surface area contributed by atoms with E-state index in [0.29, 0.717) is 17.3 Å². The second-order valence-corrected chi connectivity index (χ2v) is 11.2. The van der Waals surface area contributed by atoms with Crippen molar-refractivity contribution >= 4 is 51.2 Å². The monoisotopic (exact) mass is 593 g/mol. The smallest absolute Gasteiger partial charge is 0.388 e. The van der Waals surface area contributed by atoms with Gasteiger partial charge in [0.2, 0.25) is 5.95 Å². The lowest BCUT2D eigenvalue weighted by atomic mass is 10.0. The van der Waals surface area contributed by atoms with Crippen molar-refractivity contribution in [3.63, 3.8) is 0 Å². The van der Waals surface area contributed by atoms with Crippen LogP contribution >= 0.6 is 17.1 Å². The van der Waals surface area contributed by atoms with Gasteiger partial charge in [0.15, 0.2) is 47.5 Å². The number of rotatable bonds is 2. The summed E-state index contributed by atoms with van der Waals surface area (Å²) in [6, 6.07) is 0. The molecule has 3 aliphatic heterocycles. The molecule has 3 fully saturated rings. The van der Waals surface area contributed by atoms with Gasteiger partial charge in [-0.3, -0.25) is 18.9 Å². The Bertz CT molecular complexity index is 1660. The van der Waals surface area contributed by atoms with Crippen LogP contribution in [0.1, 0.15) is 18.9 Å². The number of imidazole rings is 2. The van der Waals surface area contributed by atoms with Crippen LogP contribution < -0.4 is 17.0 Å². The third-order valence-corrected chi connectivity index (χ3v) is 8.91. The molecule has 6 N–H and O–H groups in total. The van der Waals surface area contributed by atoms with Crippen LogP contribution in [0, 0.1) is 5.92 Å². The summed E-state index contributed by atoms with van der Waals surface area (Å²) in [7, 11) is -2.72. The van der Waals surface area contributed by atoms with Gasteiger partial charge in [-0.15, -0.1) is 9.05 Å². The van der Waals surface area contributed by atoms with Crippen molar-refractivity contribution in [2.45, 2.75) is 43.5 Å². The molecule has 0 radical (unpaired) electrons. The van der Waals surface area contributed by atoms with Crippen molar-refractivity contribution in [2.75, 3.05) is 24.2 Å². The van der Waals surface area contributed by atoms with Crippen LogP contribution in [0.4, 0.5) is 11.8 Å². The molecule has 4 aromatic rings. The number of fused-ring (bicyclic) bond motifs is 5. The fraction of sp³-hybridized carbons (Fsp3) is 0.500. The van der Waals surface area contributed by atoms with Crippen LogP contribution in [0.5, 0.6) is 0 Å². The Kier molecular flexibility index (Phi) is 6.44. The first-order valence-electron chi connectivity index (χ1n) is 12.2. The highest BCUT2D eigenvalue weighted by Gasteiger charge is 2.49. The fourth-order valence-corrected chi connectivity index (χ4v) is 7.03. The van der Waals surface area contributed by atoms with E-state index in [-0.39, 0.29) is 44.8 Å². The average molecular weight is 593 g/mol. The molecule has 7 heterocycles. The van der Waals surface area contributed by atoms with Crippen LogP contribution in [-0.4, -0.2) is 81.5 Å². The molecule has 0 amide bonds. The predicted octanol–water partition coefficient (Wildman–Crippen LogP) is -0.0737. The minimum Gasteiger partial charge on any atom is -0.388 e. The number of H-pyrrole nitrogens is 1. The third-order valence-electron chi connectivity index (χ3n) is 7.04. The lowest BCUT2D eigenvalue weighted by Gasteiger charge is -2.20. The van der Waals surface area contributed by atoms with Crippen molar-refractivity contribution in [1.29, 1.82) is 0 Å². The van der Waals surface area contributed by atoms with Crippen molar-refractivity contribution in [1.82, 2.24) is 39.0 Å². The number of aromatic amines is 1. The van der Waals surface area contributed by atoms with E-state index in [0.717, 1.165) is 0 Å². The van der Waals surface area contributed by atoms with Crippen LogP contribution in [0.2, 0.25) is 0 Å². The first-order valence-corrected chi connectivity index (χ1v) is 14.4. The predicted molar refractivity (Wildman–Crippen MR) is 137 cm³/mol. The molecule has 3 saturated heterocycles. The number of anilines is 2. The van der Waals surface area contributed by atoms with Crippen molar-refractivity contribution in [2.24, 2.45) is 5.92 Å². The summed E-state index contributed by atoms with van der Waals surface area (Å²) in [6.45, 7) is -0.120. The van der Waals surface area contributed by atoms with E-state index in [1.165, 1.54) is 23.5 Å². The number of aliphatic hydroxyl groups excluding tert-OH is 1. The molecule has 20 heteroatoms. The average Bonchev–Trinajstić information content (AvgIpc) is 3.68. The van der Waals surface area contributed by atoms with Crippen molar-refractivity contribution < 1.29 is 32.7 Å². The van der Waals surface area contributed by atoms with E-state index >= 15 is 0 Å². The molecule has 40 heavy (non-hydrogen) atoms. The molecule has 0 aromatic carbocycles. The van der Waals surface area contributed by atoms with Gasteiger partial charge < -0.3 is 30.6 Å². The van der Waals surface area contributed by atoms with Gasteiger partial charge in [0, 0.05) is 25.7 Å². The third kappa shape index (κ3) is 4.33. The zero-order valence-corrected chi connectivity index (χ0v) is 22.3. The molecule has 0 saturated carbocycles. The molecule has 7 rings (SSSR count). The lowest BCUT2D eigenvalue weighted by molar-refractivity contribution is -0.0993. The van der Waals surface area contributed by atoms with Gasteiger partial charge in [-0.05, 0) is 6.16 Å². The highest BCUT2D eigenvalue weighted by molar-refractivity contribution is 7.33. The summed E-state index contributed by atoms with van der Waals surface area (Å²) < 4.78 is 45.5. The Labute approximate surface area is 226 Å². The van der Waals surface area contributed by atoms with Crippen LogP contribution in [0.25, 0.3) is 22.3 Å². The lowest BCUT2D eigenvalue weighted by Crippen LogP contribution is -2.30. The van der Waals surface area contributed by atoms with Gasteiger partial charge >= 0.3 is 8.25 Å². The Morgan fingerprint density at radius 1 is 1.05 bits per heavy atom. The van der Waals surface area contributed by atoms with Gasteiger partial charge in [-0.25, -0.2) is 19.9 Å². The van der Waals surface area contributed by atoms with Crippen molar-refractivity contribution in [3.05, 3.63) is 29.3 Å². The summed E-state index contributed by atoms with van der Waals surface area (Å²) in [5, 5.41) is 11.3. The molecule has 0 spiro atoms. The quantitative estimate of drug-likeness (QED) is 0.222. The van der Waals surface area contributed by atoms with Crippen LogP contribution in [0.3, 0.4) is 0 Å². The fourth-order valence-electron chi connectivity index (χ4n) is 5.16. The number of hydrogen-bond acceptors (Lipinski definition) is 15. The maximum Gasteiger partial charge on any atom is 0.697 e. The maximum absolute atomic E-state index is 12.9. The summed E-state index contributed by atoms with van der Waals surface area (Å²) in [4.78, 5) is 35.3. The molecule has 3 aliphatic rings. The standard InChI is InChI=1S/C20H22N10O8P2/c21-14-11-15(24-4-23-14)29(5-25-11)19-13(31)7-3-39-37-10-1-8(38-40(33)34-2-9(7)35-19)18(36-10)30-6-26-12-16(30)27-20(22)28-17(12)32/h4-10,13,18-19,31,39H,1-3H2,(H4-,21,22,23,24,27,28,32)/p+1/t7?,8-,9?,10+,13?,18?,19?/m0/s1. The Hall–Kier alpha value is -3.21. The van der Waals surface area contributed by atoms with Gasteiger partial charge in [0.05, 0.1) is 18.8 Å². The first kappa shape index (κ1) is 25.7. The SMILES string of the molecule is Nc1nc2c(ncn2C2O[C@H]3C[C@@H]2O[P+](=O)OCC2OC(n4cnc5c(N)ncnc54)C(O)C2CPO3)c(=O)[nH]1. The van der Waals surface area contributed by atoms with E-state index in [4.69, 9.17) is 34.5 Å². The number of aromatic nitrogens is 8. The number of nitrogen functional groups attached to an aromatic ring is 2. The molecule has 9 atom stereocenters. The number of nitrogens with two attached hydrogens (primary N) is 2. The summed E-state index contributed by atoms with van der Waals surface area (Å²) in [5.41, 5.74) is 12.1. The minimum absolute atomic E-state index is 0.0645. The van der Waals surface area contributed by atoms with E-state index in [9.17, 15) is 14.5 Å². The van der Waals surface area contributed by atoms with E-state index in [2.05, 4.69) is 29.9 Å². The van der Waals surface area contributed by atoms with Crippen molar-refractivity contribution in [3.8, 4) is 0 Å². The number of nitrogens with zero attached hydrogens (tertiary/aromatic N) is 7. The molecule has 4 aromatic heterocycles. The molecule has 0 aliphatic carbocycles. The number of aliphatic hydroxyl groups is 1. The Balaban J connectivity index is 1.12. The van der Waals surface area contributed by atoms with Crippen LogP contribution in [0.15, 0.2) is 23.8 Å². The minimum atomic E-state index is -2.64. The van der Waals surface area contributed by atoms with Gasteiger partial charge in [0.1, 0.15) is 24.6 Å². The van der Waals surface area contributed by atoms with Gasteiger partial charge in [0.25, 0.3) is 5.56 Å². The number of ether oxygens (including phenoxy) is 2. The molecule has 2 bridgehead atoms. The largest absolute Gasteiger partial charge is 0.697 e. The Morgan fingerprint density at radius 3 is 2.70 bits per heavy atom. The normalized spacial score (nSPS) is 32.8. The summed E-state index contributed by atoms with van der Waals surface area (Å²) >= 11 is 0. The highest BCUT2D eigenvalue weighted by atomic mass is 31.1. The van der Waals surface area contributed by atoms with E-state index < -0.39 is 56.8 Å². The zero-order chi connectivity index (χ0) is 27.5. The van der Waals surface area contributed by atoms with Gasteiger partial charge in [-0.1, -0.05) is 0 Å². The number of nitrogens with one attached hydrogen (secondary N) is 1. The topological polar surface area (TPSA) is 243 Å².